The zero-order chi connectivity index (χ0) is 41.6. The van der Waals surface area contributed by atoms with Crippen LogP contribution in [0.1, 0.15) is 36.2 Å². The van der Waals surface area contributed by atoms with Crippen molar-refractivity contribution in [3.05, 3.63) is 217 Å². The lowest BCUT2D eigenvalue weighted by Gasteiger charge is -2.27. The summed E-state index contributed by atoms with van der Waals surface area (Å²) in [7, 11) is 0. The molecule has 0 bridgehead atoms. The van der Waals surface area contributed by atoms with Crippen molar-refractivity contribution in [3.63, 3.8) is 0 Å². The standard InChI is InChI=1S/C59H41N3O/c1-36-22-29-52(60-59(61-58(36)43-26-23-37-12-2-3-14-39(37)30-43)44-27-28-46-42(31-44)25-24-38-13-6-7-17-45(38)46)51-34-50-48-19-9-11-21-56(48)63-57(50)35-55(51)62-53-20-10-8-18-47(53)49-32-40-15-4-5-16-41(40)33-54(49)62/h2-21,23-36,59-60H,22H2,1H3/b52-29+,61-58+. The summed E-state index contributed by atoms with van der Waals surface area (Å²) in [5.74, 6) is 0.136. The molecule has 10 aromatic carbocycles. The topological polar surface area (TPSA) is 42.5 Å². The largest absolute Gasteiger partial charge is 0.456 e. The second-order valence-electron chi connectivity index (χ2n) is 17.2. The Morgan fingerprint density at radius 2 is 1.16 bits per heavy atom. The first-order valence-corrected chi connectivity index (χ1v) is 21.9. The highest BCUT2D eigenvalue weighted by molar-refractivity contribution is 6.15. The summed E-state index contributed by atoms with van der Waals surface area (Å²) in [6.45, 7) is 2.32. The van der Waals surface area contributed by atoms with E-state index in [9.17, 15) is 0 Å². The monoisotopic (exact) mass is 807 g/mol. The maximum Gasteiger partial charge on any atom is 0.145 e. The van der Waals surface area contributed by atoms with Crippen LogP contribution in [0.4, 0.5) is 0 Å². The average molecular weight is 808 g/mol. The van der Waals surface area contributed by atoms with E-state index in [1.807, 2.05) is 6.07 Å². The van der Waals surface area contributed by atoms with Crippen LogP contribution >= 0.6 is 0 Å². The van der Waals surface area contributed by atoms with Crippen LogP contribution < -0.4 is 5.32 Å². The molecule has 0 radical (unpaired) electrons. The highest BCUT2D eigenvalue weighted by atomic mass is 16.3. The third kappa shape index (κ3) is 5.79. The van der Waals surface area contributed by atoms with E-state index in [2.05, 4.69) is 211 Å². The molecule has 2 aromatic heterocycles. The number of allylic oxidation sites excluding steroid dienone is 1. The lowest BCUT2D eigenvalue weighted by atomic mass is 9.91. The predicted molar refractivity (Wildman–Crippen MR) is 265 cm³/mol. The second-order valence-corrected chi connectivity index (χ2v) is 17.2. The number of nitrogens with zero attached hydrogens (tertiary/aromatic N) is 2. The molecule has 63 heavy (non-hydrogen) atoms. The Labute approximate surface area is 364 Å². The van der Waals surface area contributed by atoms with Gasteiger partial charge in [0, 0.05) is 50.5 Å². The first-order chi connectivity index (χ1) is 31.1. The third-order valence-corrected chi connectivity index (χ3v) is 13.4. The van der Waals surface area contributed by atoms with Crippen molar-refractivity contribution in [2.45, 2.75) is 19.5 Å². The van der Waals surface area contributed by atoms with Gasteiger partial charge in [-0.3, -0.25) is 4.99 Å². The van der Waals surface area contributed by atoms with Crippen LogP contribution in [-0.2, 0) is 0 Å². The molecule has 0 spiro atoms. The minimum atomic E-state index is -0.386. The Morgan fingerprint density at radius 1 is 0.492 bits per heavy atom. The molecule has 4 nitrogen and oxygen atoms in total. The van der Waals surface area contributed by atoms with E-state index in [4.69, 9.17) is 9.41 Å². The summed E-state index contributed by atoms with van der Waals surface area (Å²) in [6, 6.07) is 70.5. The quantitative estimate of drug-likeness (QED) is 0.180. The number of furan rings is 1. The maximum atomic E-state index is 6.67. The molecule has 0 fully saturated rings. The van der Waals surface area contributed by atoms with Gasteiger partial charge in [-0.15, -0.1) is 0 Å². The molecular weight excluding hydrogens is 767 g/mol. The van der Waals surface area contributed by atoms with Crippen LogP contribution in [-0.4, -0.2) is 10.3 Å². The van der Waals surface area contributed by atoms with Crippen molar-refractivity contribution in [3.8, 4) is 5.69 Å². The van der Waals surface area contributed by atoms with Gasteiger partial charge in [-0.1, -0.05) is 159 Å². The minimum Gasteiger partial charge on any atom is -0.456 e. The molecule has 13 rings (SSSR count). The molecule has 1 N–H and O–H groups in total. The molecular formula is C59H41N3O. The number of fused-ring (bicyclic) bond motifs is 11. The Hall–Kier alpha value is -7.95. The number of nitrogens with one attached hydrogen (secondary N) is 1. The van der Waals surface area contributed by atoms with Crippen LogP contribution in [0, 0.1) is 5.92 Å². The smallest absolute Gasteiger partial charge is 0.145 e. The van der Waals surface area contributed by atoms with Crippen molar-refractivity contribution in [1.82, 2.24) is 9.88 Å². The number of para-hydroxylation sites is 2. The molecule has 2 unspecified atom stereocenters. The van der Waals surface area contributed by atoms with Crippen molar-refractivity contribution < 1.29 is 4.42 Å². The van der Waals surface area contributed by atoms with Gasteiger partial charge in [-0.2, -0.15) is 0 Å². The zero-order valence-corrected chi connectivity index (χ0v) is 34.7. The second kappa shape index (κ2) is 14.1. The van der Waals surface area contributed by atoms with Gasteiger partial charge in [-0.25, -0.2) is 0 Å². The van der Waals surface area contributed by atoms with Crippen molar-refractivity contribution >= 4 is 98.2 Å². The normalized spacial score (nSPS) is 17.6. The Bertz CT molecular complexity index is 3900. The van der Waals surface area contributed by atoms with E-state index in [1.54, 1.807) is 0 Å². The van der Waals surface area contributed by atoms with Crippen molar-refractivity contribution in [2.24, 2.45) is 10.9 Å². The number of aliphatic imine (C=N–C) groups is 1. The lowest BCUT2D eigenvalue weighted by molar-refractivity contribution is 0.642. The molecule has 0 saturated carbocycles. The fraction of sp³-hybridized carbons (Fsp3) is 0.0678. The summed E-state index contributed by atoms with van der Waals surface area (Å²) in [5, 5.41) is 18.5. The van der Waals surface area contributed by atoms with Gasteiger partial charge in [0.15, 0.2) is 0 Å². The maximum absolute atomic E-state index is 6.67. The molecule has 1 aliphatic heterocycles. The number of aromatic nitrogens is 1. The van der Waals surface area contributed by atoms with Gasteiger partial charge in [0.1, 0.15) is 17.3 Å². The van der Waals surface area contributed by atoms with Gasteiger partial charge < -0.3 is 14.3 Å². The fourth-order valence-electron chi connectivity index (χ4n) is 10.2. The summed E-state index contributed by atoms with van der Waals surface area (Å²) >= 11 is 0. The Morgan fingerprint density at radius 3 is 2.02 bits per heavy atom. The summed E-state index contributed by atoms with van der Waals surface area (Å²) in [5.41, 5.74) is 10.6. The number of rotatable bonds is 4. The molecule has 2 atom stereocenters. The van der Waals surface area contributed by atoms with Gasteiger partial charge in [0.05, 0.1) is 16.7 Å². The van der Waals surface area contributed by atoms with Gasteiger partial charge in [-0.05, 0) is 103 Å². The fourth-order valence-corrected chi connectivity index (χ4v) is 10.2. The Kier molecular flexibility index (Phi) is 7.98. The van der Waals surface area contributed by atoms with Crippen molar-refractivity contribution in [1.29, 1.82) is 0 Å². The van der Waals surface area contributed by atoms with E-state index in [0.29, 0.717) is 0 Å². The van der Waals surface area contributed by atoms with Crippen LogP contribution in [0.15, 0.2) is 210 Å². The average Bonchev–Trinajstić information content (AvgIpc) is 3.86. The van der Waals surface area contributed by atoms with Crippen LogP contribution in [0.2, 0.25) is 0 Å². The van der Waals surface area contributed by atoms with E-state index >= 15 is 0 Å². The van der Waals surface area contributed by atoms with Crippen LogP contribution in [0.3, 0.4) is 0 Å². The van der Waals surface area contributed by atoms with E-state index in [0.717, 1.165) is 73.2 Å². The molecule has 12 aromatic rings. The van der Waals surface area contributed by atoms with Gasteiger partial charge in [0.2, 0.25) is 0 Å². The minimum absolute atomic E-state index is 0.136. The van der Waals surface area contributed by atoms with E-state index < -0.39 is 0 Å². The molecule has 4 heteroatoms. The summed E-state index contributed by atoms with van der Waals surface area (Å²) < 4.78 is 9.12. The highest BCUT2D eigenvalue weighted by Crippen LogP contribution is 2.42. The zero-order valence-electron chi connectivity index (χ0n) is 34.7. The molecule has 0 aliphatic carbocycles. The predicted octanol–water partition coefficient (Wildman–Crippen LogP) is 15.5. The van der Waals surface area contributed by atoms with Crippen LogP contribution in [0.25, 0.3) is 98.2 Å². The molecule has 1 aliphatic rings. The summed E-state index contributed by atoms with van der Waals surface area (Å²) in [4.78, 5) is 5.78. The molecule has 3 heterocycles. The van der Waals surface area contributed by atoms with Gasteiger partial charge in [0.25, 0.3) is 0 Å². The Balaban J connectivity index is 1.06. The van der Waals surface area contributed by atoms with E-state index in [-0.39, 0.29) is 12.1 Å². The molecule has 0 saturated heterocycles. The highest BCUT2D eigenvalue weighted by Gasteiger charge is 2.26. The number of hydrogen-bond acceptors (Lipinski definition) is 3. The lowest BCUT2D eigenvalue weighted by Crippen LogP contribution is -2.25. The van der Waals surface area contributed by atoms with Crippen molar-refractivity contribution in [2.75, 3.05) is 0 Å². The summed E-state index contributed by atoms with van der Waals surface area (Å²) in [6.07, 6.45) is 2.83. The first-order valence-electron chi connectivity index (χ1n) is 21.9. The molecule has 0 amide bonds. The SMILES string of the molecule is CC1C/C=C(\c2cc3c(cc2-n2c4ccccc4c4cc5ccccc5cc42)oc2ccccc23)NC(c2ccc3c(ccc4ccccc43)c2)/N=C\1c1ccc2ccccc2c1. The first kappa shape index (κ1) is 35.8. The number of hydrogen-bond donors (Lipinski definition) is 1. The van der Waals surface area contributed by atoms with E-state index in [1.165, 1.54) is 53.9 Å². The van der Waals surface area contributed by atoms with Gasteiger partial charge >= 0.3 is 0 Å². The van der Waals surface area contributed by atoms with Crippen LogP contribution in [0.5, 0.6) is 0 Å². The number of benzene rings is 10. The molecule has 298 valence electrons. The third-order valence-electron chi connectivity index (χ3n) is 13.4.